The van der Waals surface area contributed by atoms with Crippen LogP contribution >= 0.6 is 0 Å². The normalized spacial score (nSPS) is 13.8. The monoisotopic (exact) mass is 342 g/mol. The van der Waals surface area contributed by atoms with Gasteiger partial charge in [0.25, 0.3) is 5.91 Å². The van der Waals surface area contributed by atoms with Crippen molar-refractivity contribution < 1.29 is 9.18 Å². The van der Waals surface area contributed by atoms with Gasteiger partial charge >= 0.3 is 0 Å². The molecular formula is C19H23FN4O. The van der Waals surface area contributed by atoms with E-state index in [1.165, 1.54) is 6.07 Å². The quantitative estimate of drug-likeness (QED) is 0.908. The molecule has 0 spiro atoms. The van der Waals surface area contributed by atoms with E-state index in [1.54, 1.807) is 18.3 Å². The van der Waals surface area contributed by atoms with Crippen molar-refractivity contribution in [1.29, 1.82) is 0 Å². The fourth-order valence-corrected chi connectivity index (χ4v) is 3.11. The Balaban J connectivity index is 1.68. The van der Waals surface area contributed by atoms with Gasteiger partial charge in [0, 0.05) is 51.1 Å². The van der Waals surface area contributed by atoms with Gasteiger partial charge in [-0.3, -0.25) is 4.79 Å². The van der Waals surface area contributed by atoms with Gasteiger partial charge in [-0.2, -0.15) is 0 Å². The van der Waals surface area contributed by atoms with Gasteiger partial charge in [-0.05, 0) is 37.1 Å². The van der Waals surface area contributed by atoms with Crippen LogP contribution in [0.5, 0.6) is 0 Å². The second-order valence-electron chi connectivity index (χ2n) is 6.42. The highest BCUT2D eigenvalue weighted by Crippen LogP contribution is 2.24. The molecule has 1 saturated heterocycles. The van der Waals surface area contributed by atoms with Gasteiger partial charge in [0.15, 0.2) is 0 Å². The Labute approximate surface area is 147 Å². The summed E-state index contributed by atoms with van der Waals surface area (Å²) in [4.78, 5) is 20.6. The van der Waals surface area contributed by atoms with E-state index in [9.17, 15) is 9.18 Å². The number of halogens is 1. The highest BCUT2D eigenvalue weighted by Gasteiger charge is 2.17. The lowest BCUT2D eigenvalue weighted by molar-refractivity contribution is 0.0950. The first-order valence-electron chi connectivity index (χ1n) is 8.50. The molecule has 2 aromatic rings. The molecule has 0 atom stereocenters. The van der Waals surface area contributed by atoms with Crippen molar-refractivity contribution in [2.45, 2.75) is 19.4 Å². The van der Waals surface area contributed by atoms with E-state index in [-0.39, 0.29) is 11.7 Å². The molecule has 1 fully saturated rings. The fourth-order valence-electron chi connectivity index (χ4n) is 3.11. The lowest BCUT2D eigenvalue weighted by atomic mass is 10.1. The van der Waals surface area contributed by atoms with E-state index in [0.29, 0.717) is 17.8 Å². The van der Waals surface area contributed by atoms with Crippen LogP contribution in [0.15, 0.2) is 36.5 Å². The third-order valence-corrected chi connectivity index (χ3v) is 4.39. The minimum Gasteiger partial charge on any atom is -0.369 e. The van der Waals surface area contributed by atoms with Gasteiger partial charge in [-0.1, -0.05) is 6.07 Å². The number of rotatable bonds is 5. The van der Waals surface area contributed by atoms with Crippen LogP contribution in [0.25, 0.3) is 0 Å². The molecule has 0 unspecified atom stereocenters. The summed E-state index contributed by atoms with van der Waals surface area (Å²) in [5, 5.41) is 2.84. The minimum absolute atomic E-state index is 0.291. The van der Waals surface area contributed by atoms with E-state index in [1.807, 2.05) is 36.0 Å². The molecule has 3 rings (SSSR count). The molecule has 25 heavy (non-hydrogen) atoms. The van der Waals surface area contributed by atoms with Crippen molar-refractivity contribution >= 4 is 17.4 Å². The van der Waals surface area contributed by atoms with Gasteiger partial charge in [0.1, 0.15) is 11.6 Å². The van der Waals surface area contributed by atoms with Crippen molar-refractivity contribution in [3.63, 3.8) is 0 Å². The van der Waals surface area contributed by atoms with Crippen molar-refractivity contribution in [1.82, 2.24) is 10.3 Å². The zero-order valence-corrected chi connectivity index (χ0v) is 14.6. The Morgan fingerprint density at radius 3 is 2.72 bits per heavy atom. The molecule has 132 valence electrons. The van der Waals surface area contributed by atoms with E-state index in [2.05, 4.69) is 10.3 Å². The molecule has 6 heteroatoms. The second kappa shape index (κ2) is 7.51. The summed E-state index contributed by atoms with van der Waals surface area (Å²) >= 11 is 0. The van der Waals surface area contributed by atoms with Crippen LogP contribution in [0.1, 0.15) is 28.8 Å². The number of carbonyl (C=O) groups is 1. The highest BCUT2D eigenvalue weighted by atomic mass is 19.1. The number of pyridine rings is 1. The van der Waals surface area contributed by atoms with Gasteiger partial charge in [-0.25, -0.2) is 9.37 Å². The summed E-state index contributed by atoms with van der Waals surface area (Å²) in [5.74, 6) is 0.170. The molecule has 0 radical (unpaired) electrons. The van der Waals surface area contributed by atoms with Crippen molar-refractivity contribution in [2.75, 3.05) is 37.0 Å². The molecule has 0 bridgehead atoms. The molecule has 1 aromatic heterocycles. The Bertz CT molecular complexity index is 757. The summed E-state index contributed by atoms with van der Waals surface area (Å²) in [6, 6.07) is 8.45. The average molecular weight is 342 g/mol. The number of nitrogens with one attached hydrogen (secondary N) is 1. The SMILES string of the molecule is CN(C)c1ncccc1CNC(=O)c1ccc(N2CCCC2)c(F)c1. The van der Waals surface area contributed by atoms with Crippen LogP contribution in [-0.2, 0) is 6.54 Å². The van der Waals surface area contributed by atoms with Crippen LogP contribution in [0.4, 0.5) is 15.9 Å². The second-order valence-corrected chi connectivity index (χ2v) is 6.42. The lowest BCUT2D eigenvalue weighted by Crippen LogP contribution is -2.25. The number of hydrogen-bond donors (Lipinski definition) is 1. The largest absolute Gasteiger partial charge is 0.369 e. The van der Waals surface area contributed by atoms with Gasteiger partial charge < -0.3 is 15.1 Å². The smallest absolute Gasteiger partial charge is 0.251 e. The highest BCUT2D eigenvalue weighted by molar-refractivity contribution is 5.94. The third-order valence-electron chi connectivity index (χ3n) is 4.39. The van der Waals surface area contributed by atoms with Gasteiger partial charge in [-0.15, -0.1) is 0 Å². The molecule has 2 heterocycles. The van der Waals surface area contributed by atoms with Crippen LogP contribution in [0, 0.1) is 5.82 Å². The summed E-state index contributed by atoms with van der Waals surface area (Å²) in [6.45, 7) is 2.09. The zero-order chi connectivity index (χ0) is 17.8. The Kier molecular flexibility index (Phi) is 5.16. The Hall–Kier alpha value is -2.63. The summed E-state index contributed by atoms with van der Waals surface area (Å²) < 4.78 is 14.4. The Morgan fingerprint density at radius 1 is 1.28 bits per heavy atom. The summed E-state index contributed by atoms with van der Waals surface area (Å²) in [7, 11) is 3.81. The number of anilines is 2. The van der Waals surface area contributed by atoms with E-state index in [4.69, 9.17) is 0 Å². The fraction of sp³-hybridized carbons (Fsp3) is 0.368. The first-order chi connectivity index (χ1) is 12.1. The minimum atomic E-state index is -0.343. The number of carbonyl (C=O) groups excluding carboxylic acids is 1. The maximum Gasteiger partial charge on any atom is 0.251 e. The van der Waals surface area contributed by atoms with Gasteiger partial charge in [0.2, 0.25) is 0 Å². The number of hydrogen-bond acceptors (Lipinski definition) is 4. The van der Waals surface area contributed by atoms with Crippen LogP contribution in [0.2, 0.25) is 0 Å². The van der Waals surface area contributed by atoms with Crippen LogP contribution in [0.3, 0.4) is 0 Å². The molecule has 0 saturated carbocycles. The lowest BCUT2D eigenvalue weighted by Gasteiger charge is -2.19. The maximum atomic E-state index is 14.4. The zero-order valence-electron chi connectivity index (χ0n) is 14.6. The van der Waals surface area contributed by atoms with Crippen molar-refractivity contribution in [2.24, 2.45) is 0 Å². The van der Waals surface area contributed by atoms with E-state index >= 15 is 0 Å². The first kappa shape index (κ1) is 17.2. The molecule has 1 aliphatic rings. The standard InChI is InChI=1S/C19H23FN4O/c1-23(2)18-15(6-5-9-21-18)13-22-19(25)14-7-8-17(16(20)12-14)24-10-3-4-11-24/h5-9,12H,3-4,10-11,13H2,1-2H3,(H,22,25). The van der Waals surface area contributed by atoms with Crippen molar-refractivity contribution in [3.05, 3.63) is 53.5 Å². The molecule has 5 nitrogen and oxygen atoms in total. The predicted octanol–water partition coefficient (Wildman–Crippen LogP) is 2.82. The molecule has 1 amide bonds. The van der Waals surface area contributed by atoms with Crippen LogP contribution < -0.4 is 15.1 Å². The Morgan fingerprint density at radius 2 is 2.04 bits per heavy atom. The van der Waals surface area contributed by atoms with Crippen molar-refractivity contribution in [3.8, 4) is 0 Å². The summed E-state index contributed by atoms with van der Waals surface area (Å²) in [5.41, 5.74) is 1.82. The molecule has 1 aliphatic heterocycles. The number of benzene rings is 1. The third kappa shape index (κ3) is 3.90. The topological polar surface area (TPSA) is 48.5 Å². The maximum absolute atomic E-state index is 14.4. The predicted molar refractivity (Wildman–Crippen MR) is 97.6 cm³/mol. The van der Waals surface area contributed by atoms with E-state index < -0.39 is 0 Å². The number of nitrogens with zero attached hydrogens (tertiary/aromatic N) is 3. The first-order valence-corrected chi connectivity index (χ1v) is 8.50. The molecule has 1 aromatic carbocycles. The van der Waals surface area contributed by atoms with Gasteiger partial charge in [0.05, 0.1) is 5.69 Å². The average Bonchev–Trinajstić information content (AvgIpc) is 3.14. The number of aromatic nitrogens is 1. The molecule has 1 N–H and O–H groups in total. The summed E-state index contributed by atoms with van der Waals surface area (Å²) in [6.07, 6.45) is 3.88. The molecular weight excluding hydrogens is 319 g/mol. The van der Waals surface area contributed by atoms with E-state index in [0.717, 1.165) is 37.3 Å². The molecule has 0 aliphatic carbocycles. The number of amides is 1. The van der Waals surface area contributed by atoms with Crippen LogP contribution in [-0.4, -0.2) is 38.1 Å².